The maximum atomic E-state index is 6.04. The number of anilines is 1. The third-order valence-electron chi connectivity index (χ3n) is 4.12. The molecule has 2 aromatic heterocycles. The van der Waals surface area contributed by atoms with Gasteiger partial charge in [-0.3, -0.25) is 4.57 Å². The van der Waals surface area contributed by atoms with Crippen molar-refractivity contribution in [3.63, 3.8) is 0 Å². The number of imidazole rings is 1. The highest BCUT2D eigenvalue weighted by molar-refractivity contribution is 6.29. The van der Waals surface area contributed by atoms with Gasteiger partial charge in [-0.05, 0) is 43.3 Å². The van der Waals surface area contributed by atoms with Crippen LogP contribution in [0, 0.1) is 6.92 Å². The summed E-state index contributed by atoms with van der Waals surface area (Å²) in [4.78, 5) is 11.3. The molecular formula is C17H17ClN4O. The minimum atomic E-state index is 0.476. The second-order valence-electron chi connectivity index (χ2n) is 5.59. The second kappa shape index (κ2) is 5.83. The molecule has 1 fully saturated rings. The summed E-state index contributed by atoms with van der Waals surface area (Å²) in [5, 5.41) is 0.476. The molecule has 0 aliphatic carbocycles. The predicted octanol–water partition coefficient (Wildman–Crippen LogP) is 3.22. The van der Waals surface area contributed by atoms with Gasteiger partial charge < -0.3 is 9.64 Å². The fourth-order valence-electron chi connectivity index (χ4n) is 2.99. The Hall–Kier alpha value is -2.11. The molecular weight excluding hydrogens is 312 g/mol. The van der Waals surface area contributed by atoms with Crippen molar-refractivity contribution in [2.75, 3.05) is 31.2 Å². The molecule has 1 aliphatic rings. The molecule has 1 aromatic carbocycles. The van der Waals surface area contributed by atoms with E-state index in [2.05, 4.69) is 39.1 Å². The van der Waals surface area contributed by atoms with E-state index in [0.717, 1.165) is 49.0 Å². The highest BCUT2D eigenvalue weighted by Gasteiger charge is 2.13. The predicted molar refractivity (Wildman–Crippen MR) is 91.6 cm³/mol. The van der Waals surface area contributed by atoms with Gasteiger partial charge in [0, 0.05) is 24.5 Å². The van der Waals surface area contributed by atoms with Crippen molar-refractivity contribution in [2.24, 2.45) is 0 Å². The van der Waals surface area contributed by atoms with E-state index < -0.39 is 0 Å². The Morgan fingerprint density at radius 3 is 2.39 bits per heavy atom. The van der Waals surface area contributed by atoms with Crippen molar-refractivity contribution >= 4 is 28.5 Å². The average molecular weight is 329 g/mol. The van der Waals surface area contributed by atoms with E-state index in [1.165, 1.54) is 5.69 Å². The van der Waals surface area contributed by atoms with Crippen molar-refractivity contribution < 1.29 is 4.74 Å². The molecule has 0 saturated carbocycles. The molecule has 0 amide bonds. The van der Waals surface area contributed by atoms with E-state index in [0.29, 0.717) is 5.15 Å². The maximum absolute atomic E-state index is 6.04. The number of aromatic nitrogens is 3. The van der Waals surface area contributed by atoms with Crippen LogP contribution in [0.3, 0.4) is 0 Å². The smallest absolute Gasteiger partial charge is 0.166 e. The van der Waals surface area contributed by atoms with Crippen LogP contribution in [0.4, 0.5) is 5.69 Å². The molecule has 118 valence electrons. The Morgan fingerprint density at radius 2 is 1.65 bits per heavy atom. The molecule has 23 heavy (non-hydrogen) atoms. The lowest BCUT2D eigenvalue weighted by Gasteiger charge is -2.29. The zero-order valence-electron chi connectivity index (χ0n) is 12.9. The number of morpholine rings is 1. The SMILES string of the molecule is Cc1nc2ccc(Cl)nc2n1-c1ccc(N2CCOCC2)cc1. The number of halogens is 1. The first-order valence-corrected chi connectivity index (χ1v) is 8.05. The molecule has 0 N–H and O–H groups in total. The number of rotatable bonds is 2. The van der Waals surface area contributed by atoms with Gasteiger partial charge in [-0.1, -0.05) is 11.6 Å². The summed E-state index contributed by atoms with van der Waals surface area (Å²) in [5.41, 5.74) is 3.89. The lowest BCUT2D eigenvalue weighted by atomic mass is 10.2. The number of hydrogen-bond donors (Lipinski definition) is 0. The van der Waals surface area contributed by atoms with Gasteiger partial charge in [-0.2, -0.15) is 0 Å². The summed E-state index contributed by atoms with van der Waals surface area (Å²) in [6.07, 6.45) is 0. The van der Waals surface area contributed by atoms with Crippen LogP contribution < -0.4 is 4.90 Å². The van der Waals surface area contributed by atoms with Crippen LogP contribution in [0.1, 0.15) is 5.82 Å². The number of pyridine rings is 1. The molecule has 6 heteroatoms. The Balaban J connectivity index is 1.73. The van der Waals surface area contributed by atoms with Crippen LogP contribution in [0.2, 0.25) is 5.15 Å². The fourth-order valence-corrected chi connectivity index (χ4v) is 3.13. The molecule has 1 saturated heterocycles. The minimum Gasteiger partial charge on any atom is -0.378 e. The normalized spacial score (nSPS) is 15.3. The molecule has 0 spiro atoms. The third-order valence-corrected chi connectivity index (χ3v) is 4.33. The number of hydrogen-bond acceptors (Lipinski definition) is 4. The minimum absolute atomic E-state index is 0.476. The highest BCUT2D eigenvalue weighted by Crippen LogP contribution is 2.24. The van der Waals surface area contributed by atoms with E-state index in [4.69, 9.17) is 16.3 Å². The van der Waals surface area contributed by atoms with Gasteiger partial charge in [0.2, 0.25) is 0 Å². The Morgan fingerprint density at radius 1 is 0.957 bits per heavy atom. The van der Waals surface area contributed by atoms with Crippen LogP contribution in [-0.4, -0.2) is 40.8 Å². The van der Waals surface area contributed by atoms with E-state index in [1.807, 2.05) is 17.6 Å². The first kappa shape index (κ1) is 14.5. The highest BCUT2D eigenvalue weighted by atomic mass is 35.5. The van der Waals surface area contributed by atoms with E-state index in [1.54, 1.807) is 6.07 Å². The number of nitrogens with zero attached hydrogens (tertiary/aromatic N) is 4. The van der Waals surface area contributed by atoms with Crippen molar-refractivity contribution in [1.82, 2.24) is 14.5 Å². The van der Waals surface area contributed by atoms with Gasteiger partial charge in [0.25, 0.3) is 0 Å². The van der Waals surface area contributed by atoms with Crippen molar-refractivity contribution in [3.05, 3.63) is 47.4 Å². The Bertz CT molecular complexity index is 838. The first-order valence-electron chi connectivity index (χ1n) is 7.67. The third kappa shape index (κ3) is 2.66. The van der Waals surface area contributed by atoms with Crippen LogP contribution in [0.15, 0.2) is 36.4 Å². The molecule has 0 radical (unpaired) electrons. The van der Waals surface area contributed by atoms with Gasteiger partial charge in [0.05, 0.1) is 13.2 Å². The van der Waals surface area contributed by atoms with Crippen LogP contribution >= 0.6 is 11.6 Å². The number of benzene rings is 1. The van der Waals surface area contributed by atoms with Crippen molar-refractivity contribution in [2.45, 2.75) is 6.92 Å². The standard InChI is InChI=1S/C17H17ClN4O/c1-12-19-15-6-7-16(18)20-17(15)22(12)14-4-2-13(3-5-14)21-8-10-23-11-9-21/h2-7H,8-11H2,1H3. The molecule has 4 rings (SSSR count). The fraction of sp³-hybridized carbons (Fsp3) is 0.294. The largest absolute Gasteiger partial charge is 0.378 e. The lowest BCUT2D eigenvalue weighted by Crippen LogP contribution is -2.36. The summed E-state index contributed by atoms with van der Waals surface area (Å²) in [7, 11) is 0. The van der Waals surface area contributed by atoms with Crippen LogP contribution in [0.5, 0.6) is 0 Å². The van der Waals surface area contributed by atoms with Crippen LogP contribution in [0.25, 0.3) is 16.9 Å². The molecule has 1 aliphatic heterocycles. The second-order valence-corrected chi connectivity index (χ2v) is 5.97. The van der Waals surface area contributed by atoms with Gasteiger partial charge in [-0.15, -0.1) is 0 Å². The number of aryl methyl sites for hydroxylation is 1. The monoisotopic (exact) mass is 328 g/mol. The summed E-state index contributed by atoms with van der Waals surface area (Å²) in [6.45, 7) is 5.42. The topological polar surface area (TPSA) is 43.2 Å². The first-order chi connectivity index (χ1) is 11.2. The molecule has 0 unspecified atom stereocenters. The Labute approximate surface area is 139 Å². The number of ether oxygens (including phenoxy) is 1. The molecule has 0 bridgehead atoms. The van der Waals surface area contributed by atoms with Crippen molar-refractivity contribution in [3.8, 4) is 5.69 Å². The molecule has 3 aromatic rings. The van der Waals surface area contributed by atoms with Crippen LogP contribution in [-0.2, 0) is 4.74 Å². The van der Waals surface area contributed by atoms with E-state index >= 15 is 0 Å². The van der Waals surface area contributed by atoms with E-state index in [9.17, 15) is 0 Å². The van der Waals surface area contributed by atoms with Gasteiger partial charge in [0.15, 0.2) is 5.65 Å². The molecule has 5 nitrogen and oxygen atoms in total. The Kier molecular flexibility index (Phi) is 3.67. The summed E-state index contributed by atoms with van der Waals surface area (Å²) in [5.74, 6) is 0.897. The van der Waals surface area contributed by atoms with E-state index in [-0.39, 0.29) is 0 Å². The zero-order valence-corrected chi connectivity index (χ0v) is 13.6. The zero-order chi connectivity index (χ0) is 15.8. The average Bonchev–Trinajstić information content (AvgIpc) is 2.91. The number of fused-ring (bicyclic) bond motifs is 1. The van der Waals surface area contributed by atoms with Gasteiger partial charge in [0.1, 0.15) is 16.5 Å². The van der Waals surface area contributed by atoms with Crippen molar-refractivity contribution in [1.29, 1.82) is 0 Å². The molecule has 3 heterocycles. The van der Waals surface area contributed by atoms with Gasteiger partial charge in [-0.25, -0.2) is 9.97 Å². The maximum Gasteiger partial charge on any atom is 0.166 e. The quantitative estimate of drug-likeness (QED) is 0.677. The summed E-state index contributed by atoms with van der Waals surface area (Å²) >= 11 is 6.04. The molecule has 0 atom stereocenters. The summed E-state index contributed by atoms with van der Waals surface area (Å²) in [6, 6.07) is 12.1. The lowest BCUT2D eigenvalue weighted by molar-refractivity contribution is 0.122. The summed E-state index contributed by atoms with van der Waals surface area (Å²) < 4.78 is 7.44. The van der Waals surface area contributed by atoms with Gasteiger partial charge >= 0.3 is 0 Å².